The molecule has 0 fully saturated rings. The van der Waals surface area contributed by atoms with Crippen molar-refractivity contribution in [1.82, 2.24) is 4.98 Å². The van der Waals surface area contributed by atoms with Gasteiger partial charge in [0, 0.05) is 24.4 Å². The van der Waals surface area contributed by atoms with E-state index in [2.05, 4.69) is 4.98 Å². The minimum Gasteiger partial charge on any atom is -0.456 e. The smallest absolute Gasteiger partial charge is 0.288 e. The van der Waals surface area contributed by atoms with E-state index in [1.807, 2.05) is 0 Å². The van der Waals surface area contributed by atoms with E-state index in [0.29, 0.717) is 16.5 Å². The highest BCUT2D eigenvalue weighted by Gasteiger charge is 2.12. The largest absolute Gasteiger partial charge is 0.456 e. The lowest BCUT2D eigenvalue weighted by molar-refractivity contribution is -0.384. The first-order chi connectivity index (χ1) is 8.56. The molecule has 0 aliphatic carbocycles. The summed E-state index contributed by atoms with van der Waals surface area (Å²) in [6.07, 6.45) is 2.94. The summed E-state index contributed by atoms with van der Waals surface area (Å²) >= 11 is 11.5. The fourth-order valence-electron chi connectivity index (χ4n) is 1.28. The van der Waals surface area contributed by atoms with E-state index in [4.69, 9.17) is 27.9 Å². The zero-order valence-corrected chi connectivity index (χ0v) is 10.4. The Kier molecular flexibility index (Phi) is 3.64. The second-order valence-corrected chi connectivity index (χ2v) is 4.15. The van der Waals surface area contributed by atoms with Gasteiger partial charge in [-0.2, -0.15) is 0 Å². The number of nitrogens with zero attached hydrogens (tertiary/aromatic N) is 2. The van der Waals surface area contributed by atoms with E-state index in [1.54, 1.807) is 6.07 Å². The number of nitro groups is 1. The molecule has 7 heteroatoms. The van der Waals surface area contributed by atoms with Crippen LogP contribution in [0.15, 0.2) is 36.7 Å². The van der Waals surface area contributed by atoms with Crippen LogP contribution >= 0.6 is 23.2 Å². The Morgan fingerprint density at radius 2 is 1.94 bits per heavy atom. The Morgan fingerprint density at radius 1 is 1.17 bits per heavy atom. The average molecular weight is 285 g/mol. The molecule has 0 bridgehead atoms. The lowest BCUT2D eigenvalue weighted by Gasteiger charge is -2.05. The molecule has 0 atom stereocenters. The Balaban J connectivity index is 2.25. The van der Waals surface area contributed by atoms with E-state index in [9.17, 15) is 10.1 Å². The first-order valence-electron chi connectivity index (χ1n) is 4.78. The molecule has 1 aromatic carbocycles. The maximum Gasteiger partial charge on any atom is 0.288 e. The highest BCUT2D eigenvalue weighted by molar-refractivity contribution is 6.32. The Bertz CT molecular complexity index is 605. The summed E-state index contributed by atoms with van der Waals surface area (Å²) in [5.74, 6) is 0.794. The SMILES string of the molecule is O=[N+]([O-])c1ccc(Oc2cncc(Cl)c2)cc1Cl. The van der Waals surface area contributed by atoms with Gasteiger partial charge in [0.2, 0.25) is 0 Å². The number of halogens is 2. The number of rotatable bonds is 3. The van der Waals surface area contributed by atoms with Crippen LogP contribution in [0.2, 0.25) is 10.0 Å². The summed E-state index contributed by atoms with van der Waals surface area (Å²) in [5, 5.41) is 11.0. The molecule has 2 rings (SSSR count). The van der Waals surface area contributed by atoms with Crippen LogP contribution in [0.5, 0.6) is 11.5 Å². The van der Waals surface area contributed by atoms with Gasteiger partial charge in [-0.3, -0.25) is 15.1 Å². The van der Waals surface area contributed by atoms with Crippen LogP contribution in [0.1, 0.15) is 0 Å². The molecule has 0 radical (unpaired) electrons. The molecule has 0 aliphatic rings. The zero-order chi connectivity index (χ0) is 13.1. The monoisotopic (exact) mass is 284 g/mol. The number of hydrogen-bond donors (Lipinski definition) is 0. The van der Waals surface area contributed by atoms with Crippen molar-refractivity contribution in [1.29, 1.82) is 0 Å². The average Bonchev–Trinajstić information content (AvgIpc) is 2.28. The second kappa shape index (κ2) is 5.20. The lowest BCUT2D eigenvalue weighted by atomic mass is 10.3. The van der Waals surface area contributed by atoms with Gasteiger partial charge in [-0.25, -0.2) is 0 Å². The van der Waals surface area contributed by atoms with Crippen molar-refractivity contribution in [2.24, 2.45) is 0 Å². The fourth-order valence-corrected chi connectivity index (χ4v) is 1.69. The minimum absolute atomic E-state index is 0.00693. The first kappa shape index (κ1) is 12.6. The molecular weight excluding hydrogens is 279 g/mol. The molecule has 92 valence electrons. The van der Waals surface area contributed by atoms with E-state index < -0.39 is 4.92 Å². The van der Waals surface area contributed by atoms with Crippen LogP contribution in [-0.4, -0.2) is 9.91 Å². The molecule has 0 saturated carbocycles. The van der Waals surface area contributed by atoms with Gasteiger partial charge in [-0.1, -0.05) is 23.2 Å². The quantitative estimate of drug-likeness (QED) is 0.629. The highest BCUT2D eigenvalue weighted by Crippen LogP contribution is 2.31. The molecule has 0 amide bonds. The number of benzene rings is 1. The minimum atomic E-state index is -0.562. The topological polar surface area (TPSA) is 65.3 Å². The Morgan fingerprint density at radius 3 is 2.56 bits per heavy atom. The third-order valence-electron chi connectivity index (χ3n) is 2.03. The number of hydrogen-bond acceptors (Lipinski definition) is 4. The van der Waals surface area contributed by atoms with Crippen LogP contribution in [0.4, 0.5) is 5.69 Å². The van der Waals surface area contributed by atoms with Gasteiger partial charge in [-0.15, -0.1) is 0 Å². The summed E-state index contributed by atoms with van der Waals surface area (Å²) in [4.78, 5) is 13.9. The predicted octanol–water partition coefficient (Wildman–Crippen LogP) is 4.09. The van der Waals surface area contributed by atoms with E-state index in [-0.39, 0.29) is 10.7 Å². The molecular formula is C11H6Cl2N2O3. The normalized spacial score (nSPS) is 10.1. The summed E-state index contributed by atoms with van der Waals surface area (Å²) in [6.45, 7) is 0. The van der Waals surface area contributed by atoms with Gasteiger partial charge < -0.3 is 4.74 Å². The molecule has 0 saturated heterocycles. The summed E-state index contributed by atoms with van der Waals surface area (Å²) in [5.41, 5.74) is -0.173. The molecule has 0 spiro atoms. The highest BCUT2D eigenvalue weighted by atomic mass is 35.5. The van der Waals surface area contributed by atoms with Crippen molar-refractivity contribution in [2.75, 3.05) is 0 Å². The molecule has 1 aromatic heterocycles. The van der Waals surface area contributed by atoms with Crippen LogP contribution in [0.3, 0.4) is 0 Å². The molecule has 0 aliphatic heterocycles. The van der Waals surface area contributed by atoms with Crippen molar-refractivity contribution in [3.63, 3.8) is 0 Å². The lowest BCUT2D eigenvalue weighted by Crippen LogP contribution is -1.90. The van der Waals surface area contributed by atoms with E-state index in [1.165, 1.54) is 30.6 Å². The van der Waals surface area contributed by atoms with Crippen LogP contribution in [0.25, 0.3) is 0 Å². The van der Waals surface area contributed by atoms with E-state index in [0.717, 1.165) is 0 Å². The second-order valence-electron chi connectivity index (χ2n) is 3.31. The van der Waals surface area contributed by atoms with Crippen molar-refractivity contribution < 1.29 is 9.66 Å². The van der Waals surface area contributed by atoms with Crippen molar-refractivity contribution in [3.8, 4) is 11.5 Å². The summed E-state index contributed by atoms with van der Waals surface area (Å²) in [7, 11) is 0. The number of ether oxygens (including phenoxy) is 1. The number of aromatic nitrogens is 1. The Hall–Kier alpha value is -1.85. The predicted molar refractivity (Wildman–Crippen MR) is 67.4 cm³/mol. The van der Waals surface area contributed by atoms with Crippen LogP contribution in [0, 0.1) is 10.1 Å². The first-order valence-corrected chi connectivity index (χ1v) is 5.54. The number of pyridine rings is 1. The zero-order valence-electron chi connectivity index (χ0n) is 8.84. The molecule has 0 N–H and O–H groups in total. The van der Waals surface area contributed by atoms with Gasteiger partial charge in [0.05, 0.1) is 16.1 Å². The molecule has 5 nitrogen and oxygen atoms in total. The van der Waals surface area contributed by atoms with Gasteiger partial charge in [-0.05, 0) is 6.07 Å². The Labute approximate surface area is 112 Å². The van der Waals surface area contributed by atoms with Crippen LogP contribution in [-0.2, 0) is 0 Å². The standard InChI is InChI=1S/C11H6Cl2N2O3/c12-7-3-9(6-14-5-7)18-8-1-2-11(15(16)17)10(13)4-8/h1-6H. The van der Waals surface area contributed by atoms with Gasteiger partial charge in [0.1, 0.15) is 16.5 Å². The maximum atomic E-state index is 10.6. The van der Waals surface area contributed by atoms with Crippen molar-refractivity contribution in [3.05, 3.63) is 56.8 Å². The fraction of sp³-hybridized carbons (Fsp3) is 0. The third kappa shape index (κ3) is 2.88. The van der Waals surface area contributed by atoms with Gasteiger partial charge in [0.25, 0.3) is 5.69 Å². The summed E-state index contributed by atoms with van der Waals surface area (Å²) < 4.78 is 5.42. The molecule has 2 aromatic rings. The van der Waals surface area contributed by atoms with Gasteiger partial charge >= 0.3 is 0 Å². The molecule has 0 unspecified atom stereocenters. The van der Waals surface area contributed by atoms with Crippen LogP contribution < -0.4 is 4.74 Å². The third-order valence-corrected chi connectivity index (χ3v) is 2.54. The molecule has 18 heavy (non-hydrogen) atoms. The van der Waals surface area contributed by atoms with Gasteiger partial charge in [0.15, 0.2) is 0 Å². The molecule has 1 heterocycles. The number of nitro benzene ring substituents is 1. The van der Waals surface area contributed by atoms with Crippen molar-refractivity contribution in [2.45, 2.75) is 0 Å². The summed E-state index contributed by atoms with van der Waals surface area (Å²) in [6, 6.07) is 5.66. The van der Waals surface area contributed by atoms with E-state index >= 15 is 0 Å². The maximum absolute atomic E-state index is 10.6. The van der Waals surface area contributed by atoms with Crippen molar-refractivity contribution >= 4 is 28.9 Å².